The van der Waals surface area contributed by atoms with Crippen molar-refractivity contribution < 1.29 is 43.2 Å². The van der Waals surface area contributed by atoms with Crippen LogP contribution in [0.2, 0.25) is 0 Å². The fraction of sp³-hybridized carbons (Fsp3) is 0.289. The van der Waals surface area contributed by atoms with Gasteiger partial charge in [0.05, 0.1) is 40.0 Å². The van der Waals surface area contributed by atoms with Gasteiger partial charge in [-0.3, -0.25) is 9.59 Å². The lowest BCUT2D eigenvalue weighted by molar-refractivity contribution is -0.143. The first kappa shape index (κ1) is 36.6. The summed E-state index contributed by atoms with van der Waals surface area (Å²) in [5.41, 5.74) is 4.42. The molecule has 0 aliphatic heterocycles. The van der Waals surface area contributed by atoms with Crippen molar-refractivity contribution in [1.82, 2.24) is 9.88 Å². The maximum atomic E-state index is 14.3. The fourth-order valence-corrected chi connectivity index (χ4v) is 5.63. The van der Waals surface area contributed by atoms with Gasteiger partial charge >= 0.3 is 11.9 Å². The van der Waals surface area contributed by atoms with Crippen molar-refractivity contribution in [3.05, 3.63) is 107 Å². The number of rotatable bonds is 14. The summed E-state index contributed by atoms with van der Waals surface area (Å²) in [6, 6.07) is 19.9. The zero-order valence-electron chi connectivity index (χ0n) is 28.1. The van der Waals surface area contributed by atoms with Gasteiger partial charge in [0.2, 0.25) is 0 Å². The number of methoxy groups -OCH3 is 3. The second kappa shape index (κ2) is 16.7. The maximum Gasteiger partial charge on any atom is 0.341 e. The monoisotopic (exact) mass is 672 g/mol. The first-order chi connectivity index (χ1) is 23.5. The molecule has 1 amide bonds. The van der Waals surface area contributed by atoms with Crippen LogP contribution in [-0.2, 0) is 20.8 Å². The summed E-state index contributed by atoms with van der Waals surface area (Å²) < 4.78 is 30.8. The van der Waals surface area contributed by atoms with Crippen LogP contribution in [0.3, 0.4) is 0 Å². The van der Waals surface area contributed by atoms with Crippen LogP contribution in [0.4, 0.5) is 4.39 Å². The van der Waals surface area contributed by atoms with Crippen LogP contribution < -0.4 is 10.1 Å². The van der Waals surface area contributed by atoms with E-state index in [-0.39, 0.29) is 31.0 Å². The molecule has 0 aliphatic rings. The van der Waals surface area contributed by atoms with E-state index < -0.39 is 35.9 Å². The molecular formula is C38H41FN2O8. The van der Waals surface area contributed by atoms with Crippen molar-refractivity contribution >= 4 is 23.9 Å². The molecule has 0 aliphatic carbocycles. The van der Waals surface area contributed by atoms with Gasteiger partial charge in [-0.15, -0.1) is 0 Å². The van der Waals surface area contributed by atoms with E-state index in [2.05, 4.69) is 10.1 Å². The predicted molar refractivity (Wildman–Crippen MR) is 183 cm³/mol. The third kappa shape index (κ3) is 8.81. The number of benzene rings is 3. The van der Waals surface area contributed by atoms with Gasteiger partial charge in [0.15, 0.2) is 0 Å². The summed E-state index contributed by atoms with van der Waals surface area (Å²) in [4.78, 5) is 38.1. The number of amides is 1. The standard InChI is InChI=1S/C38H41FN2O8/c1-23(2)41-31(18-16-28(42)20-29(43)21-33(44)48-4)34(26-12-14-27(39)15-13-26)35(25-9-7-6-8-10-25)36(41)37(45)40-22-24-11-17-30(38(46)49-5)32(19-24)47-3/h6-19,23,28-29,42-43H,20-22H2,1-5H3,(H,40,45)/b18-16+/t28-,29-/m1/s1. The van der Waals surface area contributed by atoms with Gasteiger partial charge in [-0.05, 0) is 60.9 Å². The predicted octanol–water partition coefficient (Wildman–Crippen LogP) is 5.96. The first-order valence-corrected chi connectivity index (χ1v) is 15.7. The molecule has 0 fully saturated rings. The lowest BCUT2D eigenvalue weighted by Crippen LogP contribution is -2.27. The molecule has 3 N–H and O–H groups in total. The summed E-state index contributed by atoms with van der Waals surface area (Å²) in [5, 5.41) is 24.2. The Morgan fingerprint density at radius 2 is 1.57 bits per heavy atom. The van der Waals surface area contributed by atoms with Gasteiger partial charge in [0.1, 0.15) is 22.8 Å². The Morgan fingerprint density at radius 3 is 2.18 bits per heavy atom. The largest absolute Gasteiger partial charge is 0.496 e. The molecule has 3 aromatic carbocycles. The molecule has 2 atom stereocenters. The third-order valence-electron chi connectivity index (χ3n) is 7.91. The number of ether oxygens (including phenoxy) is 3. The van der Waals surface area contributed by atoms with Gasteiger partial charge in [-0.25, -0.2) is 9.18 Å². The number of nitrogens with zero attached hydrogens (tertiary/aromatic N) is 1. The van der Waals surface area contributed by atoms with Gasteiger partial charge in [0.25, 0.3) is 5.91 Å². The third-order valence-corrected chi connectivity index (χ3v) is 7.91. The topological polar surface area (TPSA) is 136 Å². The minimum atomic E-state index is -1.14. The second-order valence-electron chi connectivity index (χ2n) is 11.6. The van der Waals surface area contributed by atoms with E-state index in [4.69, 9.17) is 9.47 Å². The summed E-state index contributed by atoms with van der Waals surface area (Å²) >= 11 is 0. The van der Waals surface area contributed by atoms with Crippen LogP contribution in [0.1, 0.15) is 64.8 Å². The first-order valence-electron chi connectivity index (χ1n) is 15.7. The molecule has 0 unspecified atom stereocenters. The molecule has 0 spiro atoms. The molecule has 258 valence electrons. The van der Waals surface area contributed by atoms with E-state index in [1.54, 1.807) is 36.4 Å². The summed E-state index contributed by atoms with van der Waals surface area (Å²) in [7, 11) is 3.94. The summed E-state index contributed by atoms with van der Waals surface area (Å²) in [6.45, 7) is 3.94. The van der Waals surface area contributed by atoms with Gasteiger partial charge in [-0.1, -0.05) is 54.6 Å². The highest BCUT2D eigenvalue weighted by molar-refractivity contribution is 6.06. The molecule has 0 saturated carbocycles. The Balaban J connectivity index is 1.86. The highest BCUT2D eigenvalue weighted by atomic mass is 19.1. The molecule has 1 heterocycles. The molecule has 4 aromatic rings. The average Bonchev–Trinajstić information content (AvgIpc) is 3.45. The van der Waals surface area contributed by atoms with Crippen molar-refractivity contribution in [2.75, 3.05) is 21.3 Å². The van der Waals surface area contributed by atoms with E-state index in [1.165, 1.54) is 39.5 Å². The lowest BCUT2D eigenvalue weighted by atomic mass is 9.94. The number of carbonyl (C=O) groups is 3. The molecule has 0 bridgehead atoms. The van der Waals surface area contributed by atoms with E-state index in [9.17, 15) is 29.0 Å². The fourth-order valence-electron chi connectivity index (χ4n) is 5.63. The Kier molecular flexibility index (Phi) is 12.5. The minimum Gasteiger partial charge on any atom is -0.496 e. The minimum absolute atomic E-state index is 0.0992. The number of esters is 2. The highest BCUT2D eigenvalue weighted by Crippen LogP contribution is 2.42. The van der Waals surface area contributed by atoms with Gasteiger partial charge < -0.3 is 34.3 Å². The second-order valence-corrected chi connectivity index (χ2v) is 11.6. The number of aliphatic hydroxyl groups excluding tert-OH is 2. The molecule has 0 radical (unpaired) electrons. The summed E-state index contributed by atoms with van der Waals surface area (Å²) in [5.74, 6) is -1.67. The number of halogens is 1. The SMILES string of the molecule is COC(=O)C[C@H](O)C[C@H](O)/C=C/c1c(-c2ccc(F)cc2)c(-c2ccccc2)c(C(=O)NCc2ccc(C(=O)OC)c(OC)c2)n1C(C)C. The van der Waals surface area contributed by atoms with Crippen LogP contribution in [0, 0.1) is 5.82 Å². The quantitative estimate of drug-likeness (QED) is 0.140. The van der Waals surface area contributed by atoms with Gasteiger partial charge in [-0.2, -0.15) is 0 Å². The Labute approximate surface area is 284 Å². The molecule has 49 heavy (non-hydrogen) atoms. The van der Waals surface area contributed by atoms with Crippen molar-refractivity contribution in [3.8, 4) is 28.0 Å². The highest BCUT2D eigenvalue weighted by Gasteiger charge is 2.29. The Morgan fingerprint density at radius 1 is 0.898 bits per heavy atom. The van der Waals surface area contributed by atoms with Crippen LogP contribution in [0.25, 0.3) is 28.3 Å². The molecule has 11 heteroatoms. The zero-order chi connectivity index (χ0) is 35.7. The number of nitrogens with one attached hydrogen (secondary N) is 1. The van der Waals surface area contributed by atoms with Crippen LogP contribution in [0.15, 0.2) is 78.9 Å². The van der Waals surface area contributed by atoms with E-state index in [1.807, 2.05) is 48.7 Å². The summed E-state index contributed by atoms with van der Waals surface area (Å²) in [6.07, 6.45) is 0.487. The van der Waals surface area contributed by atoms with Crippen molar-refractivity contribution in [3.63, 3.8) is 0 Å². The van der Waals surface area contributed by atoms with E-state index >= 15 is 0 Å². The molecular weight excluding hydrogens is 631 g/mol. The lowest BCUT2D eigenvalue weighted by Gasteiger charge is -2.18. The van der Waals surface area contributed by atoms with Crippen molar-refractivity contribution in [1.29, 1.82) is 0 Å². The van der Waals surface area contributed by atoms with E-state index in [0.29, 0.717) is 39.4 Å². The normalized spacial score (nSPS) is 12.5. The van der Waals surface area contributed by atoms with Crippen molar-refractivity contribution in [2.24, 2.45) is 0 Å². The molecule has 0 saturated heterocycles. The maximum absolute atomic E-state index is 14.3. The van der Waals surface area contributed by atoms with E-state index in [0.717, 1.165) is 5.56 Å². The number of hydrogen-bond donors (Lipinski definition) is 3. The smallest absolute Gasteiger partial charge is 0.341 e. The van der Waals surface area contributed by atoms with Crippen molar-refractivity contribution in [2.45, 2.75) is 51.5 Å². The van der Waals surface area contributed by atoms with Crippen LogP contribution in [-0.4, -0.2) is 66.2 Å². The molecule has 10 nitrogen and oxygen atoms in total. The van der Waals surface area contributed by atoms with Gasteiger partial charge in [0, 0.05) is 35.8 Å². The average molecular weight is 673 g/mol. The number of aliphatic hydroxyl groups is 2. The van der Waals surface area contributed by atoms with Crippen LogP contribution in [0.5, 0.6) is 5.75 Å². The molecule has 1 aromatic heterocycles. The van der Waals surface area contributed by atoms with Crippen LogP contribution >= 0.6 is 0 Å². The Hall–Kier alpha value is -5.26. The Bertz CT molecular complexity index is 1800. The zero-order valence-corrected chi connectivity index (χ0v) is 28.1. The number of carbonyl (C=O) groups excluding carboxylic acids is 3. The number of hydrogen-bond acceptors (Lipinski definition) is 8. The molecule has 4 rings (SSSR count). The number of aromatic nitrogens is 1.